The predicted molar refractivity (Wildman–Crippen MR) is 76.9 cm³/mol. The third-order valence-corrected chi connectivity index (χ3v) is 4.16. The Kier molecular flexibility index (Phi) is 4.69. The minimum Gasteiger partial charge on any atom is -0.302 e. The van der Waals surface area contributed by atoms with Crippen LogP contribution in [-0.4, -0.2) is 30.3 Å². The first-order chi connectivity index (χ1) is 8.35. The van der Waals surface area contributed by atoms with E-state index in [4.69, 9.17) is 0 Å². The molecule has 0 amide bonds. The molecule has 0 aliphatic heterocycles. The Morgan fingerprint density at radius 3 is 2.17 bits per heavy atom. The number of likely N-dealkylation sites (N-methyl/N-ethyl adjacent to an activating group) is 1. The van der Waals surface area contributed by atoms with Gasteiger partial charge in [-0.3, -0.25) is 4.90 Å². The summed E-state index contributed by atoms with van der Waals surface area (Å²) in [5, 5.41) is 0. The van der Waals surface area contributed by atoms with Crippen molar-refractivity contribution in [3.05, 3.63) is 35.9 Å². The number of hydrogen-bond donors (Lipinski definition) is 0. The van der Waals surface area contributed by atoms with Crippen LogP contribution in [0.4, 0.5) is 0 Å². The third-order valence-electron chi connectivity index (χ3n) is 4.16. The minimum atomic E-state index is -0.442. The molecule has 0 aromatic heterocycles. The van der Waals surface area contributed by atoms with E-state index in [2.05, 4.69) is 32.7 Å². The van der Waals surface area contributed by atoms with Crippen LogP contribution in [0.25, 0.3) is 0 Å². The maximum atomic E-state index is 11.6. The summed E-state index contributed by atoms with van der Waals surface area (Å²) >= 11 is 0. The summed E-state index contributed by atoms with van der Waals surface area (Å²) in [7, 11) is 2.09. The zero-order chi connectivity index (χ0) is 13.8. The van der Waals surface area contributed by atoms with E-state index in [1.54, 1.807) is 0 Å². The van der Waals surface area contributed by atoms with Crippen molar-refractivity contribution >= 4 is 6.29 Å². The van der Waals surface area contributed by atoms with Crippen molar-refractivity contribution in [1.29, 1.82) is 0 Å². The lowest BCUT2D eigenvalue weighted by molar-refractivity contribution is -0.113. The summed E-state index contributed by atoms with van der Waals surface area (Å²) in [6, 6.07) is 10.0. The van der Waals surface area contributed by atoms with Crippen molar-refractivity contribution < 1.29 is 4.79 Å². The zero-order valence-corrected chi connectivity index (χ0v) is 12.2. The molecule has 100 valence electrons. The van der Waals surface area contributed by atoms with E-state index in [1.807, 2.05) is 37.3 Å². The van der Waals surface area contributed by atoms with Gasteiger partial charge in [-0.2, -0.15) is 0 Å². The van der Waals surface area contributed by atoms with Crippen LogP contribution in [0.3, 0.4) is 0 Å². The molecule has 1 atom stereocenters. The van der Waals surface area contributed by atoms with Crippen LogP contribution in [0.1, 0.15) is 39.7 Å². The molecule has 1 unspecified atom stereocenters. The maximum absolute atomic E-state index is 11.6. The van der Waals surface area contributed by atoms with E-state index in [1.165, 1.54) is 0 Å². The molecular formula is C16H25NO. The predicted octanol–water partition coefficient (Wildman–Crippen LogP) is 3.26. The fourth-order valence-electron chi connectivity index (χ4n) is 1.99. The number of rotatable bonds is 6. The molecule has 18 heavy (non-hydrogen) atoms. The molecule has 0 spiro atoms. The summed E-state index contributed by atoms with van der Waals surface area (Å²) in [5.74, 6) is 0. The Morgan fingerprint density at radius 1 is 1.17 bits per heavy atom. The van der Waals surface area contributed by atoms with Crippen LogP contribution in [-0.2, 0) is 10.2 Å². The molecule has 2 heteroatoms. The molecule has 0 bridgehead atoms. The fraction of sp³-hybridized carbons (Fsp3) is 0.562. The first-order valence-corrected chi connectivity index (χ1v) is 6.59. The zero-order valence-electron chi connectivity index (χ0n) is 12.2. The standard InChI is InChI=1S/C16H25NO/c1-6-15(2,3)17(5)12-16(4,13-18)14-10-8-7-9-11-14/h7-11,13H,6,12H2,1-5H3. The molecule has 0 saturated heterocycles. The Balaban J connectivity index is 2.94. The number of carbonyl (C=O) groups excluding carboxylic acids is 1. The van der Waals surface area contributed by atoms with Gasteiger partial charge in [-0.25, -0.2) is 0 Å². The number of benzene rings is 1. The topological polar surface area (TPSA) is 20.3 Å². The lowest BCUT2D eigenvalue weighted by Gasteiger charge is -2.39. The molecule has 1 aromatic rings. The first-order valence-electron chi connectivity index (χ1n) is 6.59. The Bertz CT molecular complexity index is 385. The van der Waals surface area contributed by atoms with Crippen LogP contribution in [0, 0.1) is 0 Å². The average Bonchev–Trinajstić information content (AvgIpc) is 2.39. The van der Waals surface area contributed by atoms with Gasteiger partial charge in [0.1, 0.15) is 6.29 Å². The molecule has 0 N–H and O–H groups in total. The van der Waals surface area contributed by atoms with Gasteiger partial charge in [0, 0.05) is 12.1 Å². The second kappa shape index (κ2) is 5.66. The SMILES string of the molecule is CCC(C)(C)N(C)CC(C)(C=O)c1ccccc1. The highest BCUT2D eigenvalue weighted by Gasteiger charge is 2.32. The van der Waals surface area contributed by atoms with Crippen LogP contribution in [0.5, 0.6) is 0 Å². The molecule has 0 fully saturated rings. The highest BCUT2D eigenvalue weighted by atomic mass is 16.1. The minimum absolute atomic E-state index is 0.110. The summed E-state index contributed by atoms with van der Waals surface area (Å²) in [5.41, 5.74) is 0.750. The quantitative estimate of drug-likeness (QED) is 0.719. The molecule has 0 saturated carbocycles. The van der Waals surface area contributed by atoms with Gasteiger partial charge in [-0.05, 0) is 39.8 Å². The second-order valence-corrected chi connectivity index (χ2v) is 5.92. The number of aldehydes is 1. The average molecular weight is 247 g/mol. The van der Waals surface area contributed by atoms with Crippen molar-refractivity contribution in [2.24, 2.45) is 0 Å². The number of hydrogen-bond acceptors (Lipinski definition) is 2. The van der Waals surface area contributed by atoms with E-state index in [0.29, 0.717) is 0 Å². The Labute approximate surface area is 111 Å². The van der Waals surface area contributed by atoms with Crippen molar-refractivity contribution in [1.82, 2.24) is 4.90 Å². The molecule has 0 heterocycles. The van der Waals surface area contributed by atoms with E-state index < -0.39 is 5.41 Å². The van der Waals surface area contributed by atoms with Crippen molar-refractivity contribution in [3.63, 3.8) is 0 Å². The van der Waals surface area contributed by atoms with Crippen LogP contribution in [0.15, 0.2) is 30.3 Å². The lowest BCUT2D eigenvalue weighted by Crippen LogP contribution is -2.48. The summed E-state index contributed by atoms with van der Waals surface area (Å²) in [6.45, 7) is 9.35. The van der Waals surface area contributed by atoms with Crippen LogP contribution >= 0.6 is 0 Å². The van der Waals surface area contributed by atoms with E-state index in [9.17, 15) is 4.79 Å². The fourth-order valence-corrected chi connectivity index (χ4v) is 1.99. The Hall–Kier alpha value is -1.15. The van der Waals surface area contributed by atoms with Gasteiger partial charge in [-0.15, -0.1) is 0 Å². The van der Waals surface area contributed by atoms with Gasteiger partial charge < -0.3 is 4.79 Å². The molecule has 1 aromatic carbocycles. The Morgan fingerprint density at radius 2 is 1.72 bits per heavy atom. The number of carbonyl (C=O) groups is 1. The van der Waals surface area contributed by atoms with Crippen LogP contribution < -0.4 is 0 Å². The van der Waals surface area contributed by atoms with Gasteiger partial charge in [0.2, 0.25) is 0 Å². The molecule has 0 radical (unpaired) electrons. The summed E-state index contributed by atoms with van der Waals surface area (Å²) in [6.07, 6.45) is 2.14. The van der Waals surface area contributed by atoms with Gasteiger partial charge in [0.25, 0.3) is 0 Å². The summed E-state index contributed by atoms with van der Waals surface area (Å²) < 4.78 is 0. The van der Waals surface area contributed by atoms with Crippen molar-refractivity contribution in [3.8, 4) is 0 Å². The molecule has 0 aliphatic carbocycles. The monoisotopic (exact) mass is 247 g/mol. The van der Waals surface area contributed by atoms with Crippen molar-refractivity contribution in [2.75, 3.05) is 13.6 Å². The van der Waals surface area contributed by atoms with Crippen molar-refractivity contribution in [2.45, 2.75) is 45.1 Å². The normalized spacial score (nSPS) is 15.4. The van der Waals surface area contributed by atoms with E-state index in [-0.39, 0.29) is 5.54 Å². The smallest absolute Gasteiger partial charge is 0.131 e. The van der Waals surface area contributed by atoms with E-state index >= 15 is 0 Å². The maximum Gasteiger partial charge on any atom is 0.131 e. The van der Waals surface area contributed by atoms with Gasteiger partial charge in [0.15, 0.2) is 0 Å². The van der Waals surface area contributed by atoms with Crippen LogP contribution in [0.2, 0.25) is 0 Å². The highest BCUT2D eigenvalue weighted by Crippen LogP contribution is 2.26. The van der Waals surface area contributed by atoms with Gasteiger partial charge >= 0.3 is 0 Å². The lowest BCUT2D eigenvalue weighted by atomic mass is 9.82. The molecule has 0 aliphatic rings. The van der Waals surface area contributed by atoms with Gasteiger partial charge in [0.05, 0.1) is 5.41 Å². The molecular weight excluding hydrogens is 222 g/mol. The van der Waals surface area contributed by atoms with Gasteiger partial charge in [-0.1, -0.05) is 37.3 Å². The summed E-state index contributed by atoms with van der Waals surface area (Å²) in [4.78, 5) is 13.8. The number of nitrogens with zero attached hydrogens (tertiary/aromatic N) is 1. The highest BCUT2D eigenvalue weighted by molar-refractivity contribution is 5.68. The third kappa shape index (κ3) is 3.20. The first kappa shape index (κ1) is 14.9. The molecule has 2 nitrogen and oxygen atoms in total. The van der Waals surface area contributed by atoms with E-state index in [0.717, 1.165) is 24.8 Å². The molecule has 1 rings (SSSR count). The second-order valence-electron chi connectivity index (χ2n) is 5.92. The largest absolute Gasteiger partial charge is 0.302 e.